The summed E-state index contributed by atoms with van der Waals surface area (Å²) < 4.78 is 1.91. The number of benzene rings is 2. The number of anilines is 1. The second kappa shape index (κ2) is 6.19. The van der Waals surface area contributed by atoms with E-state index in [1.165, 1.54) is 0 Å². The molecule has 0 atom stereocenters. The maximum Gasteiger partial charge on any atom is 0.255 e. The Balaban J connectivity index is 1.87. The van der Waals surface area contributed by atoms with Crippen molar-refractivity contribution in [3.63, 3.8) is 0 Å². The standard InChI is InChI=1S/C18H15N3O2/c19-17(22)15-8-1-2-9-16(15)20-18(23)13-6-5-7-14(12-13)21-10-3-4-11-21/h1-12H,(H2,19,22)(H,20,23). The number of hydrogen-bond acceptors (Lipinski definition) is 2. The van der Waals surface area contributed by atoms with Crippen molar-refractivity contribution in [3.8, 4) is 5.69 Å². The maximum atomic E-state index is 12.4. The van der Waals surface area contributed by atoms with Crippen molar-refractivity contribution in [1.29, 1.82) is 0 Å². The maximum absolute atomic E-state index is 12.4. The van der Waals surface area contributed by atoms with Crippen LogP contribution < -0.4 is 11.1 Å². The zero-order chi connectivity index (χ0) is 16.2. The molecule has 3 rings (SSSR count). The van der Waals surface area contributed by atoms with Gasteiger partial charge in [0.15, 0.2) is 0 Å². The molecule has 2 amide bonds. The highest BCUT2D eigenvalue weighted by atomic mass is 16.2. The van der Waals surface area contributed by atoms with Crippen LogP contribution in [0.25, 0.3) is 5.69 Å². The van der Waals surface area contributed by atoms with Gasteiger partial charge in [-0.2, -0.15) is 0 Å². The van der Waals surface area contributed by atoms with E-state index < -0.39 is 5.91 Å². The lowest BCUT2D eigenvalue weighted by Gasteiger charge is -2.10. The number of amides is 2. The van der Waals surface area contributed by atoms with Gasteiger partial charge in [-0.25, -0.2) is 0 Å². The lowest BCUT2D eigenvalue weighted by atomic mass is 10.1. The summed E-state index contributed by atoms with van der Waals surface area (Å²) >= 11 is 0. The molecular weight excluding hydrogens is 290 g/mol. The van der Waals surface area contributed by atoms with E-state index in [0.29, 0.717) is 11.3 Å². The number of carbonyl (C=O) groups is 2. The van der Waals surface area contributed by atoms with Gasteiger partial charge in [0.1, 0.15) is 0 Å². The Hall–Kier alpha value is -3.34. The van der Waals surface area contributed by atoms with Crippen LogP contribution in [0, 0.1) is 0 Å². The van der Waals surface area contributed by atoms with Gasteiger partial charge in [0.05, 0.1) is 11.3 Å². The summed E-state index contributed by atoms with van der Waals surface area (Å²) in [5.74, 6) is -0.880. The molecule has 0 radical (unpaired) electrons. The number of nitrogens with one attached hydrogen (secondary N) is 1. The van der Waals surface area contributed by atoms with Crippen molar-refractivity contribution in [3.05, 3.63) is 84.2 Å². The van der Waals surface area contributed by atoms with Crippen LogP contribution in [0.15, 0.2) is 73.1 Å². The van der Waals surface area contributed by atoms with Crippen LogP contribution in [-0.2, 0) is 0 Å². The third kappa shape index (κ3) is 3.13. The van der Waals surface area contributed by atoms with E-state index in [1.807, 2.05) is 41.2 Å². The van der Waals surface area contributed by atoms with Gasteiger partial charge < -0.3 is 15.6 Å². The predicted molar refractivity (Wildman–Crippen MR) is 88.7 cm³/mol. The molecule has 3 N–H and O–H groups in total. The number of nitrogens with zero attached hydrogens (tertiary/aromatic N) is 1. The molecule has 3 aromatic rings. The number of carbonyl (C=O) groups excluding carboxylic acids is 2. The molecule has 0 saturated heterocycles. The Kier molecular flexibility index (Phi) is 3.93. The lowest BCUT2D eigenvalue weighted by Crippen LogP contribution is -2.18. The van der Waals surface area contributed by atoms with Crippen LogP contribution in [0.5, 0.6) is 0 Å². The first-order valence-electron chi connectivity index (χ1n) is 7.09. The Morgan fingerprint density at radius 3 is 2.39 bits per heavy atom. The monoisotopic (exact) mass is 305 g/mol. The molecule has 0 unspecified atom stereocenters. The highest BCUT2D eigenvalue weighted by Gasteiger charge is 2.12. The summed E-state index contributed by atoms with van der Waals surface area (Å²) in [6.45, 7) is 0. The number of primary amides is 1. The second-order valence-corrected chi connectivity index (χ2v) is 5.00. The summed E-state index contributed by atoms with van der Waals surface area (Å²) in [6.07, 6.45) is 3.80. The Morgan fingerprint density at radius 1 is 0.913 bits per heavy atom. The molecule has 23 heavy (non-hydrogen) atoms. The summed E-state index contributed by atoms with van der Waals surface area (Å²) in [4.78, 5) is 23.9. The van der Waals surface area contributed by atoms with Crippen LogP contribution in [-0.4, -0.2) is 16.4 Å². The molecule has 0 saturated carbocycles. The van der Waals surface area contributed by atoms with Crippen molar-refractivity contribution in [2.24, 2.45) is 5.73 Å². The minimum atomic E-state index is -0.581. The topological polar surface area (TPSA) is 77.1 Å². The highest BCUT2D eigenvalue weighted by Crippen LogP contribution is 2.17. The fraction of sp³-hybridized carbons (Fsp3) is 0. The second-order valence-electron chi connectivity index (χ2n) is 5.00. The summed E-state index contributed by atoms with van der Waals surface area (Å²) in [6, 6.07) is 17.7. The average molecular weight is 305 g/mol. The zero-order valence-electron chi connectivity index (χ0n) is 12.3. The first kappa shape index (κ1) is 14.6. The van der Waals surface area contributed by atoms with E-state index in [-0.39, 0.29) is 11.5 Å². The zero-order valence-corrected chi connectivity index (χ0v) is 12.3. The van der Waals surface area contributed by atoms with Crippen molar-refractivity contribution in [1.82, 2.24) is 4.57 Å². The number of hydrogen-bond donors (Lipinski definition) is 2. The number of rotatable bonds is 4. The fourth-order valence-electron chi connectivity index (χ4n) is 2.32. The van der Waals surface area contributed by atoms with Crippen molar-refractivity contribution in [2.75, 3.05) is 5.32 Å². The van der Waals surface area contributed by atoms with Gasteiger partial charge in [0.2, 0.25) is 0 Å². The molecular formula is C18H15N3O2. The molecule has 0 aliphatic rings. The molecule has 2 aromatic carbocycles. The summed E-state index contributed by atoms with van der Waals surface area (Å²) in [5, 5.41) is 2.73. The van der Waals surface area contributed by atoms with Crippen molar-refractivity contribution in [2.45, 2.75) is 0 Å². The number of para-hydroxylation sites is 1. The Bertz CT molecular complexity index is 854. The van der Waals surface area contributed by atoms with Gasteiger partial charge >= 0.3 is 0 Å². The van der Waals surface area contributed by atoms with E-state index in [1.54, 1.807) is 36.4 Å². The van der Waals surface area contributed by atoms with Crippen molar-refractivity contribution < 1.29 is 9.59 Å². The summed E-state index contributed by atoms with van der Waals surface area (Å²) in [5.41, 5.74) is 7.38. The van der Waals surface area contributed by atoms with Gasteiger partial charge in [-0.05, 0) is 42.5 Å². The normalized spacial score (nSPS) is 10.3. The van der Waals surface area contributed by atoms with E-state index in [0.717, 1.165) is 5.69 Å². The van der Waals surface area contributed by atoms with Crippen molar-refractivity contribution >= 4 is 17.5 Å². The minimum Gasteiger partial charge on any atom is -0.366 e. The average Bonchev–Trinajstić information content (AvgIpc) is 3.10. The quantitative estimate of drug-likeness (QED) is 0.777. The van der Waals surface area contributed by atoms with Gasteiger partial charge in [-0.15, -0.1) is 0 Å². The van der Waals surface area contributed by atoms with E-state index in [4.69, 9.17) is 5.73 Å². The Morgan fingerprint density at radius 2 is 1.65 bits per heavy atom. The molecule has 0 spiro atoms. The van der Waals surface area contributed by atoms with Crippen LogP contribution in [0.4, 0.5) is 5.69 Å². The van der Waals surface area contributed by atoms with Gasteiger partial charge in [0.25, 0.3) is 11.8 Å². The largest absolute Gasteiger partial charge is 0.366 e. The number of nitrogens with two attached hydrogens (primary N) is 1. The molecule has 0 fully saturated rings. The fourth-order valence-corrected chi connectivity index (χ4v) is 2.32. The number of aromatic nitrogens is 1. The van der Waals surface area contributed by atoms with E-state index in [9.17, 15) is 9.59 Å². The molecule has 1 heterocycles. The SMILES string of the molecule is NC(=O)c1ccccc1NC(=O)c1cccc(-n2cccc2)c1. The van der Waals surface area contributed by atoms with E-state index >= 15 is 0 Å². The molecule has 5 heteroatoms. The molecule has 1 aromatic heterocycles. The Labute approximate surface area is 133 Å². The summed E-state index contributed by atoms with van der Waals surface area (Å²) in [7, 11) is 0. The smallest absolute Gasteiger partial charge is 0.255 e. The van der Waals surface area contributed by atoms with Crippen LogP contribution in [0.3, 0.4) is 0 Å². The van der Waals surface area contributed by atoms with Gasteiger partial charge in [0, 0.05) is 23.6 Å². The molecule has 5 nitrogen and oxygen atoms in total. The third-order valence-corrected chi connectivity index (χ3v) is 3.45. The molecule has 0 aliphatic heterocycles. The van der Waals surface area contributed by atoms with Gasteiger partial charge in [-0.1, -0.05) is 18.2 Å². The molecule has 114 valence electrons. The van der Waals surface area contributed by atoms with Crippen LogP contribution >= 0.6 is 0 Å². The van der Waals surface area contributed by atoms with Gasteiger partial charge in [-0.3, -0.25) is 9.59 Å². The minimum absolute atomic E-state index is 0.280. The predicted octanol–water partition coefficient (Wildman–Crippen LogP) is 2.83. The van der Waals surface area contributed by atoms with E-state index in [2.05, 4.69) is 5.32 Å². The first-order chi connectivity index (χ1) is 11.1. The van der Waals surface area contributed by atoms with Crippen LogP contribution in [0.1, 0.15) is 20.7 Å². The highest BCUT2D eigenvalue weighted by molar-refractivity contribution is 6.08. The lowest BCUT2D eigenvalue weighted by molar-refractivity contribution is 0.100. The molecule has 0 aliphatic carbocycles. The molecule has 0 bridgehead atoms. The third-order valence-electron chi connectivity index (χ3n) is 3.45. The van der Waals surface area contributed by atoms with Crippen LogP contribution in [0.2, 0.25) is 0 Å². The first-order valence-corrected chi connectivity index (χ1v) is 7.09.